The van der Waals surface area contributed by atoms with Gasteiger partial charge in [0, 0.05) is 24.0 Å². The van der Waals surface area contributed by atoms with Crippen LogP contribution in [-0.4, -0.2) is 29.1 Å². The summed E-state index contributed by atoms with van der Waals surface area (Å²) in [4.78, 5) is 15.0. The lowest BCUT2D eigenvalue weighted by Crippen LogP contribution is -2.33. The van der Waals surface area contributed by atoms with Crippen molar-refractivity contribution in [2.24, 2.45) is 0 Å². The maximum atomic E-state index is 13.4. The summed E-state index contributed by atoms with van der Waals surface area (Å²) in [5.41, 5.74) is 2.32. The summed E-state index contributed by atoms with van der Waals surface area (Å²) >= 11 is 0. The van der Waals surface area contributed by atoms with E-state index in [4.69, 9.17) is 9.15 Å². The van der Waals surface area contributed by atoms with Gasteiger partial charge in [-0.1, -0.05) is 66.7 Å². The van der Waals surface area contributed by atoms with Gasteiger partial charge in [-0.05, 0) is 23.8 Å². The van der Waals surface area contributed by atoms with E-state index in [1.807, 2.05) is 84.9 Å². The van der Waals surface area contributed by atoms with Crippen LogP contribution in [0.3, 0.4) is 0 Å². The van der Waals surface area contributed by atoms with Gasteiger partial charge in [-0.2, -0.15) is 0 Å². The number of aliphatic hydroxyl groups excluding tert-OH is 1. The summed E-state index contributed by atoms with van der Waals surface area (Å²) in [5, 5.41) is 10.4. The van der Waals surface area contributed by atoms with Crippen LogP contribution in [0.5, 0.6) is 5.75 Å². The Labute approximate surface area is 175 Å². The molecule has 4 aromatic rings. The zero-order valence-electron chi connectivity index (χ0n) is 16.5. The number of furan rings is 1. The largest absolute Gasteiger partial charge is 0.489 e. The summed E-state index contributed by atoms with van der Waals surface area (Å²) in [6, 6.07) is 26.7. The first-order valence-corrected chi connectivity index (χ1v) is 9.88. The highest BCUT2D eigenvalue weighted by atomic mass is 16.5. The van der Waals surface area contributed by atoms with Crippen molar-refractivity contribution in [3.8, 4) is 5.75 Å². The number of benzene rings is 3. The van der Waals surface area contributed by atoms with E-state index in [2.05, 4.69) is 0 Å². The summed E-state index contributed by atoms with van der Waals surface area (Å²) in [7, 11) is 0. The van der Waals surface area contributed by atoms with Crippen LogP contribution in [0.4, 0.5) is 0 Å². The molecule has 1 heterocycles. The number of ether oxygens (including phenoxy) is 1. The molecule has 0 atom stereocenters. The fourth-order valence-corrected chi connectivity index (χ4v) is 3.41. The van der Waals surface area contributed by atoms with E-state index in [1.165, 1.54) is 0 Å². The molecule has 0 aliphatic heterocycles. The first-order chi connectivity index (χ1) is 14.8. The Hall–Kier alpha value is -3.57. The molecule has 0 aliphatic rings. The molecule has 0 saturated carbocycles. The Morgan fingerprint density at radius 3 is 2.30 bits per heavy atom. The molecule has 30 heavy (non-hydrogen) atoms. The van der Waals surface area contributed by atoms with Gasteiger partial charge in [-0.25, -0.2) is 0 Å². The first-order valence-electron chi connectivity index (χ1n) is 9.88. The smallest absolute Gasteiger partial charge is 0.290 e. The molecule has 0 aliphatic carbocycles. The highest BCUT2D eigenvalue weighted by Gasteiger charge is 2.25. The molecule has 0 fully saturated rings. The number of carbonyl (C=O) groups excluding carboxylic acids is 1. The fourth-order valence-electron chi connectivity index (χ4n) is 3.41. The van der Waals surface area contributed by atoms with E-state index in [1.54, 1.807) is 4.90 Å². The third-order valence-electron chi connectivity index (χ3n) is 4.89. The van der Waals surface area contributed by atoms with Crippen molar-refractivity contribution in [1.82, 2.24) is 4.90 Å². The Kier molecular flexibility index (Phi) is 6.11. The SMILES string of the molecule is O=C(c1oc2ccccc2c1COc1ccccc1)N(CCO)Cc1ccccc1. The van der Waals surface area contributed by atoms with E-state index >= 15 is 0 Å². The third kappa shape index (κ3) is 4.36. The minimum Gasteiger partial charge on any atom is -0.489 e. The monoisotopic (exact) mass is 401 g/mol. The lowest BCUT2D eigenvalue weighted by molar-refractivity contribution is 0.0674. The summed E-state index contributed by atoms with van der Waals surface area (Å²) in [6.45, 7) is 0.676. The van der Waals surface area contributed by atoms with Crippen LogP contribution in [0.15, 0.2) is 89.3 Å². The van der Waals surface area contributed by atoms with Crippen molar-refractivity contribution in [2.75, 3.05) is 13.2 Å². The highest BCUT2D eigenvalue weighted by molar-refractivity contribution is 5.99. The number of hydrogen-bond acceptors (Lipinski definition) is 4. The lowest BCUT2D eigenvalue weighted by Gasteiger charge is -2.21. The summed E-state index contributed by atoms with van der Waals surface area (Å²) < 4.78 is 11.9. The summed E-state index contributed by atoms with van der Waals surface area (Å²) in [6.07, 6.45) is 0. The van der Waals surface area contributed by atoms with Crippen molar-refractivity contribution in [1.29, 1.82) is 0 Å². The van der Waals surface area contributed by atoms with Crippen LogP contribution >= 0.6 is 0 Å². The van der Waals surface area contributed by atoms with E-state index < -0.39 is 0 Å². The Balaban J connectivity index is 1.66. The van der Waals surface area contributed by atoms with E-state index in [0.717, 1.165) is 16.7 Å². The number of nitrogens with zero attached hydrogens (tertiary/aromatic N) is 1. The van der Waals surface area contributed by atoms with Crippen molar-refractivity contribution < 1.29 is 19.1 Å². The van der Waals surface area contributed by atoms with Gasteiger partial charge in [0.2, 0.25) is 0 Å². The van der Waals surface area contributed by atoms with E-state index in [9.17, 15) is 9.90 Å². The van der Waals surface area contributed by atoms with Crippen molar-refractivity contribution >= 4 is 16.9 Å². The normalized spacial score (nSPS) is 10.8. The molecule has 1 N–H and O–H groups in total. The number of carbonyl (C=O) groups is 1. The Morgan fingerprint density at radius 1 is 0.900 bits per heavy atom. The van der Waals surface area contributed by atoms with Crippen LogP contribution in [-0.2, 0) is 13.2 Å². The fraction of sp³-hybridized carbons (Fsp3) is 0.160. The molecule has 5 heteroatoms. The molecular formula is C25H23NO4. The van der Waals surface area contributed by atoms with Gasteiger partial charge in [-0.3, -0.25) is 4.79 Å². The lowest BCUT2D eigenvalue weighted by atomic mass is 10.1. The average molecular weight is 401 g/mol. The quantitative estimate of drug-likeness (QED) is 0.467. The molecular weight excluding hydrogens is 378 g/mol. The molecule has 3 aromatic carbocycles. The molecule has 0 bridgehead atoms. The highest BCUT2D eigenvalue weighted by Crippen LogP contribution is 2.28. The molecule has 0 saturated heterocycles. The number of fused-ring (bicyclic) bond motifs is 1. The molecule has 4 rings (SSSR count). The predicted molar refractivity (Wildman–Crippen MR) is 115 cm³/mol. The molecule has 0 unspecified atom stereocenters. The van der Waals surface area contributed by atoms with Gasteiger partial charge in [0.1, 0.15) is 17.9 Å². The molecule has 1 aromatic heterocycles. The van der Waals surface area contributed by atoms with Gasteiger partial charge >= 0.3 is 0 Å². The number of rotatable bonds is 8. The third-order valence-corrected chi connectivity index (χ3v) is 4.89. The average Bonchev–Trinajstić information content (AvgIpc) is 3.17. The maximum Gasteiger partial charge on any atom is 0.290 e. The minimum absolute atomic E-state index is 0.130. The summed E-state index contributed by atoms with van der Waals surface area (Å²) in [5.74, 6) is 0.699. The van der Waals surface area contributed by atoms with Crippen molar-refractivity contribution in [2.45, 2.75) is 13.2 Å². The second kappa shape index (κ2) is 9.29. The van der Waals surface area contributed by atoms with E-state index in [-0.39, 0.29) is 31.4 Å². The van der Waals surface area contributed by atoms with Crippen molar-refractivity contribution in [3.63, 3.8) is 0 Å². The molecule has 0 spiro atoms. The van der Waals surface area contributed by atoms with Crippen LogP contribution in [0.1, 0.15) is 21.7 Å². The number of aliphatic hydroxyl groups is 1. The van der Waals surface area contributed by atoms with Gasteiger partial charge < -0.3 is 19.2 Å². The zero-order valence-corrected chi connectivity index (χ0v) is 16.5. The van der Waals surface area contributed by atoms with Crippen molar-refractivity contribution in [3.05, 3.63) is 102 Å². The molecule has 1 amide bonds. The number of para-hydroxylation sites is 2. The second-order valence-electron chi connectivity index (χ2n) is 6.94. The predicted octanol–water partition coefficient (Wildman–Crippen LogP) is 4.65. The number of hydrogen-bond donors (Lipinski definition) is 1. The Bertz CT molecular complexity index is 1110. The minimum atomic E-state index is -0.268. The van der Waals surface area contributed by atoms with Crippen LogP contribution in [0, 0.1) is 0 Å². The molecule has 5 nitrogen and oxygen atoms in total. The molecule has 0 radical (unpaired) electrons. The molecule has 152 valence electrons. The van der Waals surface area contributed by atoms with Gasteiger partial charge in [0.15, 0.2) is 5.76 Å². The van der Waals surface area contributed by atoms with Crippen LogP contribution in [0.2, 0.25) is 0 Å². The number of amides is 1. The maximum absolute atomic E-state index is 13.4. The van der Waals surface area contributed by atoms with E-state index in [0.29, 0.717) is 17.7 Å². The van der Waals surface area contributed by atoms with Gasteiger partial charge in [-0.15, -0.1) is 0 Å². The van der Waals surface area contributed by atoms with Gasteiger partial charge in [0.25, 0.3) is 5.91 Å². The standard InChI is InChI=1S/C25H23NO4/c27-16-15-26(17-19-9-3-1-4-10-19)25(28)24-22(18-29-20-11-5-2-6-12-20)21-13-7-8-14-23(21)30-24/h1-14,27H,15-18H2. The van der Waals surface area contributed by atoms with Crippen LogP contribution < -0.4 is 4.74 Å². The zero-order chi connectivity index (χ0) is 20.8. The first kappa shape index (κ1) is 19.7. The second-order valence-corrected chi connectivity index (χ2v) is 6.94. The van der Waals surface area contributed by atoms with Gasteiger partial charge in [0.05, 0.1) is 6.61 Å². The van der Waals surface area contributed by atoms with Crippen LogP contribution in [0.25, 0.3) is 11.0 Å². The Morgan fingerprint density at radius 2 is 1.57 bits per heavy atom. The topological polar surface area (TPSA) is 62.9 Å².